The highest BCUT2D eigenvalue weighted by molar-refractivity contribution is 6.30. The number of methoxy groups -OCH3 is 1. The van der Waals surface area contributed by atoms with Gasteiger partial charge in [0.05, 0.1) is 23.7 Å². The van der Waals surface area contributed by atoms with Gasteiger partial charge in [0.2, 0.25) is 0 Å². The summed E-state index contributed by atoms with van der Waals surface area (Å²) >= 11 is 6.14. The minimum atomic E-state index is -0.935. The molecule has 0 saturated heterocycles. The largest absolute Gasteiger partial charge is 0.497 e. The molecule has 6 nitrogen and oxygen atoms in total. The summed E-state index contributed by atoms with van der Waals surface area (Å²) in [5, 5.41) is 10.3. The molecule has 1 aromatic heterocycles. The third-order valence-electron chi connectivity index (χ3n) is 8.19. The zero-order valence-corrected chi connectivity index (χ0v) is 24.4. The number of halogens is 1. The van der Waals surface area contributed by atoms with E-state index in [1.807, 2.05) is 30.3 Å². The van der Waals surface area contributed by atoms with E-state index in [9.17, 15) is 9.90 Å². The van der Waals surface area contributed by atoms with Crippen LogP contribution >= 0.6 is 11.6 Å². The number of aromatic carboxylic acids is 1. The van der Waals surface area contributed by atoms with Crippen LogP contribution in [-0.4, -0.2) is 27.7 Å². The lowest BCUT2D eigenvalue weighted by Crippen LogP contribution is -2.22. The van der Waals surface area contributed by atoms with Crippen LogP contribution in [0.2, 0.25) is 5.02 Å². The van der Waals surface area contributed by atoms with Crippen molar-refractivity contribution in [2.75, 3.05) is 12.0 Å². The molecule has 4 aromatic carbocycles. The van der Waals surface area contributed by atoms with Crippen LogP contribution in [0.5, 0.6) is 5.75 Å². The predicted molar refractivity (Wildman–Crippen MR) is 169 cm³/mol. The van der Waals surface area contributed by atoms with Crippen LogP contribution in [0.25, 0.3) is 22.4 Å². The smallest absolute Gasteiger partial charge is 0.335 e. The van der Waals surface area contributed by atoms with E-state index in [0.29, 0.717) is 6.04 Å². The highest BCUT2D eigenvalue weighted by atomic mass is 35.5. The molecule has 0 aliphatic heterocycles. The third-order valence-corrected chi connectivity index (χ3v) is 8.44. The van der Waals surface area contributed by atoms with Crippen molar-refractivity contribution >= 4 is 34.3 Å². The first kappa shape index (κ1) is 27.9. The van der Waals surface area contributed by atoms with Crippen molar-refractivity contribution in [2.45, 2.75) is 51.2 Å². The fourth-order valence-corrected chi connectivity index (χ4v) is 6.09. The Labute approximate surface area is 251 Å². The summed E-state index contributed by atoms with van der Waals surface area (Å²) < 4.78 is 7.72. The number of carboxylic acid groups (broad SMARTS) is 1. The lowest BCUT2D eigenvalue weighted by Gasteiger charge is -2.26. The molecular formula is C35H34ClN3O3. The fraction of sp³-hybridized carbons (Fsp3) is 0.257. The molecule has 0 unspecified atom stereocenters. The summed E-state index contributed by atoms with van der Waals surface area (Å²) in [6.45, 7) is 1.45. The number of carbonyl (C=O) groups is 1. The Morgan fingerprint density at radius 2 is 1.55 bits per heavy atom. The van der Waals surface area contributed by atoms with E-state index in [1.54, 1.807) is 19.2 Å². The Morgan fingerprint density at radius 3 is 2.17 bits per heavy atom. The molecule has 214 valence electrons. The topological polar surface area (TPSA) is 67.6 Å². The molecule has 0 atom stereocenters. The maximum Gasteiger partial charge on any atom is 0.335 e. The molecule has 42 heavy (non-hydrogen) atoms. The van der Waals surface area contributed by atoms with Crippen molar-refractivity contribution in [2.24, 2.45) is 0 Å². The molecule has 6 rings (SSSR count). The Hall–Kier alpha value is -4.29. The average molecular weight is 580 g/mol. The monoisotopic (exact) mass is 579 g/mol. The van der Waals surface area contributed by atoms with Gasteiger partial charge in [0.25, 0.3) is 0 Å². The molecule has 0 spiro atoms. The Morgan fingerprint density at radius 1 is 0.905 bits per heavy atom. The summed E-state index contributed by atoms with van der Waals surface area (Å²) in [5.74, 6) is 0.792. The number of aromatic nitrogens is 2. The van der Waals surface area contributed by atoms with Crippen molar-refractivity contribution < 1.29 is 14.6 Å². The average Bonchev–Trinajstić information content (AvgIpc) is 3.41. The molecule has 1 fully saturated rings. The first-order valence-corrected chi connectivity index (χ1v) is 14.8. The number of carboxylic acids is 1. The molecule has 1 N–H and O–H groups in total. The molecule has 0 bridgehead atoms. The van der Waals surface area contributed by atoms with Crippen molar-refractivity contribution in [3.05, 3.63) is 113 Å². The number of nitrogens with zero attached hydrogens (tertiary/aromatic N) is 3. The SMILES string of the molecule is COc1ccc(N(Cc2ccc(Cl)cc2)Cc2ccc(-c3nc4cc(C(=O)O)ccc4n3C3CCCCC3)cc2)cc1. The quantitative estimate of drug-likeness (QED) is 0.189. The molecule has 1 heterocycles. The Bertz CT molecular complexity index is 1670. The second kappa shape index (κ2) is 12.3. The van der Waals surface area contributed by atoms with E-state index >= 15 is 0 Å². The number of ether oxygens (including phenoxy) is 1. The van der Waals surface area contributed by atoms with Gasteiger partial charge in [0.1, 0.15) is 11.6 Å². The van der Waals surface area contributed by atoms with Gasteiger partial charge in [-0.3, -0.25) is 0 Å². The van der Waals surface area contributed by atoms with Crippen LogP contribution in [0.4, 0.5) is 5.69 Å². The highest BCUT2D eigenvalue weighted by Crippen LogP contribution is 2.36. The molecule has 5 aromatic rings. The highest BCUT2D eigenvalue weighted by Gasteiger charge is 2.23. The number of imidazole rings is 1. The predicted octanol–water partition coefficient (Wildman–Crippen LogP) is 8.78. The van der Waals surface area contributed by atoms with Crippen LogP contribution in [0.3, 0.4) is 0 Å². The van der Waals surface area contributed by atoms with E-state index in [1.165, 1.54) is 30.4 Å². The van der Waals surface area contributed by atoms with Gasteiger partial charge in [-0.05, 0) is 78.6 Å². The van der Waals surface area contributed by atoms with Crippen molar-refractivity contribution in [3.63, 3.8) is 0 Å². The summed E-state index contributed by atoms with van der Waals surface area (Å²) in [6.07, 6.45) is 5.88. The molecule has 1 aliphatic carbocycles. The van der Waals surface area contributed by atoms with Gasteiger partial charge in [-0.25, -0.2) is 9.78 Å². The molecule has 1 saturated carbocycles. The van der Waals surface area contributed by atoms with Crippen LogP contribution in [-0.2, 0) is 13.1 Å². The van der Waals surface area contributed by atoms with E-state index in [0.717, 1.165) is 64.8 Å². The minimum absolute atomic E-state index is 0.261. The lowest BCUT2D eigenvalue weighted by atomic mass is 9.94. The van der Waals surface area contributed by atoms with Gasteiger partial charge >= 0.3 is 5.97 Å². The Balaban J connectivity index is 1.32. The third kappa shape index (κ3) is 6.00. The standard InChI is InChI=1S/C35H34ClN3O3/c1-42-31-18-16-29(17-19-31)38(23-25-9-14-28(36)15-10-25)22-24-7-11-26(12-8-24)34-37-32-21-27(35(40)41)13-20-33(32)39(34)30-5-3-2-4-6-30/h7-21,30H,2-6,22-23H2,1H3,(H,40,41). The minimum Gasteiger partial charge on any atom is -0.497 e. The fourth-order valence-electron chi connectivity index (χ4n) is 5.97. The summed E-state index contributed by atoms with van der Waals surface area (Å²) in [7, 11) is 1.68. The molecular weight excluding hydrogens is 546 g/mol. The Kier molecular flexibility index (Phi) is 8.15. The zero-order valence-electron chi connectivity index (χ0n) is 23.7. The second-order valence-corrected chi connectivity index (χ2v) is 11.4. The summed E-state index contributed by atoms with van der Waals surface area (Å²) in [5.41, 5.74) is 6.48. The van der Waals surface area contributed by atoms with Crippen LogP contribution < -0.4 is 9.64 Å². The van der Waals surface area contributed by atoms with E-state index in [2.05, 4.69) is 58.0 Å². The number of rotatable bonds is 9. The maximum absolute atomic E-state index is 11.6. The maximum atomic E-state index is 11.6. The second-order valence-electron chi connectivity index (χ2n) is 11.0. The molecule has 0 radical (unpaired) electrons. The number of hydrogen-bond acceptors (Lipinski definition) is 4. The van der Waals surface area contributed by atoms with Gasteiger partial charge in [-0.2, -0.15) is 0 Å². The number of anilines is 1. The van der Waals surface area contributed by atoms with Gasteiger partial charge in [-0.15, -0.1) is 0 Å². The van der Waals surface area contributed by atoms with Crippen LogP contribution in [0.1, 0.15) is 59.6 Å². The van der Waals surface area contributed by atoms with Crippen molar-refractivity contribution in [3.8, 4) is 17.1 Å². The first-order chi connectivity index (χ1) is 20.5. The first-order valence-electron chi connectivity index (χ1n) is 14.5. The van der Waals surface area contributed by atoms with Crippen LogP contribution in [0.15, 0.2) is 91.0 Å². The van der Waals surface area contributed by atoms with Crippen molar-refractivity contribution in [1.29, 1.82) is 0 Å². The normalized spacial score (nSPS) is 13.8. The van der Waals surface area contributed by atoms with Crippen LogP contribution in [0, 0.1) is 0 Å². The molecule has 7 heteroatoms. The molecule has 1 aliphatic rings. The summed E-state index contributed by atoms with van der Waals surface area (Å²) in [6, 6.07) is 30.4. The van der Waals surface area contributed by atoms with Gasteiger partial charge in [-0.1, -0.05) is 67.3 Å². The van der Waals surface area contributed by atoms with Gasteiger partial charge in [0.15, 0.2) is 0 Å². The lowest BCUT2D eigenvalue weighted by molar-refractivity contribution is 0.0697. The van der Waals surface area contributed by atoms with Crippen molar-refractivity contribution in [1.82, 2.24) is 9.55 Å². The van der Waals surface area contributed by atoms with E-state index in [4.69, 9.17) is 21.3 Å². The van der Waals surface area contributed by atoms with E-state index < -0.39 is 5.97 Å². The zero-order chi connectivity index (χ0) is 29.1. The number of fused-ring (bicyclic) bond motifs is 1. The number of benzene rings is 4. The summed E-state index contributed by atoms with van der Waals surface area (Å²) in [4.78, 5) is 19.0. The molecule has 0 amide bonds. The van der Waals surface area contributed by atoms with Gasteiger partial charge in [0, 0.05) is 35.4 Å². The van der Waals surface area contributed by atoms with Gasteiger partial charge < -0.3 is 19.3 Å². The van der Waals surface area contributed by atoms with E-state index in [-0.39, 0.29) is 5.56 Å². The number of hydrogen-bond donors (Lipinski definition) is 1.